The quantitative estimate of drug-likeness (QED) is 0.718. The van der Waals surface area contributed by atoms with E-state index in [0.717, 1.165) is 21.7 Å². The Morgan fingerprint density at radius 3 is 2.26 bits per heavy atom. The van der Waals surface area contributed by atoms with Crippen molar-refractivity contribution in [3.63, 3.8) is 0 Å². The fraction of sp³-hybridized carbons (Fsp3) is 0.316. The van der Waals surface area contributed by atoms with Gasteiger partial charge in [0.1, 0.15) is 6.04 Å². The Hall–Kier alpha value is -1.76. The third-order valence-corrected chi connectivity index (χ3v) is 6.18. The second kappa shape index (κ2) is 8.50. The van der Waals surface area contributed by atoms with Crippen molar-refractivity contribution in [3.8, 4) is 0 Å². The highest BCUT2D eigenvalue weighted by Crippen LogP contribution is 2.27. The van der Waals surface area contributed by atoms with E-state index in [1.54, 1.807) is 31.2 Å². The van der Waals surface area contributed by atoms with Crippen molar-refractivity contribution < 1.29 is 13.2 Å². The van der Waals surface area contributed by atoms with E-state index in [2.05, 4.69) is 5.32 Å². The molecule has 0 aliphatic heterocycles. The van der Waals surface area contributed by atoms with Crippen molar-refractivity contribution in [1.82, 2.24) is 0 Å². The third-order valence-electron chi connectivity index (χ3n) is 4.26. The van der Waals surface area contributed by atoms with Crippen molar-refractivity contribution in [2.75, 3.05) is 15.9 Å². The average molecular weight is 429 g/mol. The molecule has 2 aromatic carbocycles. The molecule has 1 unspecified atom stereocenters. The summed E-state index contributed by atoms with van der Waals surface area (Å²) in [6.07, 6.45) is 1.39. The summed E-state index contributed by atoms with van der Waals surface area (Å²) in [5.41, 5.74) is 2.89. The largest absolute Gasteiger partial charge is 0.324 e. The molecule has 0 aliphatic rings. The van der Waals surface area contributed by atoms with Gasteiger partial charge in [-0.1, -0.05) is 36.2 Å². The fourth-order valence-corrected chi connectivity index (χ4v) is 4.22. The van der Waals surface area contributed by atoms with Crippen LogP contribution in [0.1, 0.15) is 24.5 Å². The number of carbonyl (C=O) groups is 1. The van der Waals surface area contributed by atoms with Gasteiger partial charge in [0, 0.05) is 5.69 Å². The molecule has 2 aromatic rings. The molecule has 0 spiro atoms. The van der Waals surface area contributed by atoms with Gasteiger partial charge in [-0.05, 0) is 61.7 Å². The lowest BCUT2D eigenvalue weighted by atomic mass is 10.1. The lowest BCUT2D eigenvalue weighted by Crippen LogP contribution is -2.47. The Bertz CT molecular complexity index is 961. The Morgan fingerprint density at radius 1 is 1.07 bits per heavy atom. The van der Waals surface area contributed by atoms with Gasteiger partial charge in [0.25, 0.3) is 0 Å². The number of sulfonamides is 1. The lowest BCUT2D eigenvalue weighted by Gasteiger charge is -2.30. The van der Waals surface area contributed by atoms with Gasteiger partial charge in [-0.2, -0.15) is 0 Å². The number of hydrogen-bond acceptors (Lipinski definition) is 3. The number of nitrogens with one attached hydrogen (secondary N) is 1. The number of benzene rings is 2. The molecule has 1 amide bonds. The summed E-state index contributed by atoms with van der Waals surface area (Å²) in [5, 5.41) is 3.39. The maximum atomic E-state index is 12.9. The Balaban J connectivity index is 2.40. The van der Waals surface area contributed by atoms with Crippen LogP contribution in [0.2, 0.25) is 10.0 Å². The van der Waals surface area contributed by atoms with Gasteiger partial charge in [-0.15, -0.1) is 0 Å². The highest BCUT2D eigenvalue weighted by atomic mass is 35.5. The smallest absolute Gasteiger partial charge is 0.248 e. The van der Waals surface area contributed by atoms with E-state index in [1.165, 1.54) is 6.07 Å². The molecule has 1 atom stereocenters. The summed E-state index contributed by atoms with van der Waals surface area (Å²) < 4.78 is 26.1. The minimum Gasteiger partial charge on any atom is -0.324 e. The van der Waals surface area contributed by atoms with E-state index in [9.17, 15) is 13.2 Å². The average Bonchev–Trinajstić information content (AvgIpc) is 2.57. The summed E-state index contributed by atoms with van der Waals surface area (Å²) >= 11 is 11.9. The van der Waals surface area contributed by atoms with Gasteiger partial charge in [-0.3, -0.25) is 9.10 Å². The molecular formula is C19H22Cl2N2O3S. The summed E-state index contributed by atoms with van der Waals surface area (Å²) in [4.78, 5) is 12.9. The molecule has 5 nitrogen and oxygen atoms in total. The molecule has 0 fully saturated rings. The zero-order valence-electron chi connectivity index (χ0n) is 15.6. The summed E-state index contributed by atoms with van der Waals surface area (Å²) in [6.45, 7) is 5.60. The number of halogens is 2. The van der Waals surface area contributed by atoms with E-state index >= 15 is 0 Å². The van der Waals surface area contributed by atoms with Crippen LogP contribution in [-0.4, -0.2) is 26.6 Å². The van der Waals surface area contributed by atoms with Gasteiger partial charge >= 0.3 is 0 Å². The van der Waals surface area contributed by atoms with Crippen LogP contribution in [-0.2, 0) is 14.8 Å². The molecule has 0 saturated heterocycles. The fourth-order valence-electron chi connectivity index (χ4n) is 2.72. The summed E-state index contributed by atoms with van der Waals surface area (Å²) in [5.74, 6) is -0.445. The van der Waals surface area contributed by atoms with Crippen LogP contribution in [0.25, 0.3) is 0 Å². The highest BCUT2D eigenvalue weighted by Gasteiger charge is 2.31. The normalized spacial score (nSPS) is 12.5. The van der Waals surface area contributed by atoms with Crippen molar-refractivity contribution in [1.29, 1.82) is 0 Å². The summed E-state index contributed by atoms with van der Waals surface area (Å²) in [7, 11) is -3.69. The van der Waals surface area contributed by atoms with E-state index in [0.29, 0.717) is 27.8 Å². The van der Waals surface area contributed by atoms with Gasteiger partial charge in [0.15, 0.2) is 0 Å². The number of amides is 1. The Labute approximate surface area is 170 Å². The first kappa shape index (κ1) is 21.5. The van der Waals surface area contributed by atoms with Crippen LogP contribution in [0.4, 0.5) is 11.4 Å². The maximum Gasteiger partial charge on any atom is 0.248 e. The minimum absolute atomic E-state index is 0.299. The molecule has 0 saturated carbocycles. The number of hydrogen-bond donors (Lipinski definition) is 1. The van der Waals surface area contributed by atoms with Crippen LogP contribution in [0.15, 0.2) is 36.4 Å². The Kier molecular flexibility index (Phi) is 6.78. The van der Waals surface area contributed by atoms with Crippen LogP contribution in [0.3, 0.4) is 0 Å². The number of nitrogens with zero attached hydrogens (tertiary/aromatic N) is 1. The number of carbonyl (C=O) groups excluding carboxylic acids is 1. The van der Waals surface area contributed by atoms with Crippen molar-refractivity contribution >= 4 is 50.5 Å². The molecule has 27 heavy (non-hydrogen) atoms. The second-order valence-corrected chi connectivity index (χ2v) is 9.04. The van der Waals surface area contributed by atoms with Crippen LogP contribution in [0, 0.1) is 13.8 Å². The zero-order valence-corrected chi connectivity index (χ0v) is 17.9. The van der Waals surface area contributed by atoms with Crippen molar-refractivity contribution in [2.45, 2.75) is 33.2 Å². The molecule has 0 aliphatic carbocycles. The predicted octanol–water partition coefficient (Wildman–Crippen LogP) is 4.79. The van der Waals surface area contributed by atoms with Crippen molar-refractivity contribution in [3.05, 3.63) is 57.6 Å². The lowest BCUT2D eigenvalue weighted by molar-refractivity contribution is -0.117. The summed E-state index contributed by atoms with van der Waals surface area (Å²) in [6, 6.07) is 9.11. The monoisotopic (exact) mass is 428 g/mol. The first-order chi connectivity index (χ1) is 12.5. The molecular weight excluding hydrogens is 407 g/mol. The highest BCUT2D eigenvalue weighted by molar-refractivity contribution is 7.92. The third kappa shape index (κ3) is 5.15. The zero-order chi connectivity index (χ0) is 20.4. The molecule has 2 rings (SSSR count). The first-order valence-corrected chi connectivity index (χ1v) is 11.0. The first-order valence-electron chi connectivity index (χ1n) is 8.37. The molecule has 0 aromatic heterocycles. The van der Waals surface area contributed by atoms with Crippen LogP contribution < -0.4 is 9.62 Å². The number of rotatable bonds is 6. The predicted molar refractivity (Wildman–Crippen MR) is 112 cm³/mol. The van der Waals surface area contributed by atoms with E-state index in [-0.39, 0.29) is 0 Å². The Morgan fingerprint density at radius 2 is 1.74 bits per heavy atom. The molecule has 0 bridgehead atoms. The topological polar surface area (TPSA) is 66.5 Å². The SMILES string of the molecule is CCC(C(=O)Nc1ccc(Cl)c(Cl)c1)N(c1ccc(C)c(C)c1)S(C)(=O)=O. The van der Waals surface area contributed by atoms with E-state index in [1.807, 2.05) is 19.9 Å². The van der Waals surface area contributed by atoms with Gasteiger partial charge in [-0.25, -0.2) is 8.42 Å². The van der Waals surface area contributed by atoms with Gasteiger partial charge in [0.05, 0.1) is 22.0 Å². The van der Waals surface area contributed by atoms with E-state index < -0.39 is 22.0 Å². The molecule has 146 valence electrons. The van der Waals surface area contributed by atoms with E-state index in [4.69, 9.17) is 23.2 Å². The molecule has 1 N–H and O–H groups in total. The molecule has 0 radical (unpaired) electrons. The molecule has 8 heteroatoms. The van der Waals surface area contributed by atoms with Crippen LogP contribution in [0.5, 0.6) is 0 Å². The maximum absolute atomic E-state index is 12.9. The molecule has 0 heterocycles. The minimum atomic E-state index is -3.69. The van der Waals surface area contributed by atoms with Crippen molar-refractivity contribution in [2.24, 2.45) is 0 Å². The second-order valence-electron chi connectivity index (χ2n) is 6.37. The van der Waals surface area contributed by atoms with Gasteiger partial charge in [0.2, 0.25) is 15.9 Å². The van der Waals surface area contributed by atoms with Crippen LogP contribution >= 0.6 is 23.2 Å². The standard InChI is InChI=1S/C19H22Cl2N2O3S/c1-5-18(19(24)22-14-7-9-16(20)17(21)11-14)23(27(4,25)26)15-8-6-12(2)13(3)10-15/h6-11,18H,5H2,1-4H3,(H,22,24). The van der Waals surface area contributed by atoms with Gasteiger partial charge < -0.3 is 5.32 Å². The number of aryl methyl sites for hydroxylation is 2. The number of anilines is 2.